The predicted molar refractivity (Wildman–Crippen MR) is 65.2 cm³/mol. The first kappa shape index (κ1) is 14.3. The molecule has 1 aliphatic rings. The molecule has 1 aliphatic heterocycles. The van der Waals surface area contributed by atoms with E-state index in [-0.39, 0.29) is 11.6 Å². The fourth-order valence-corrected chi connectivity index (χ4v) is 1.54. The number of nitrogens with zero attached hydrogens (tertiary/aromatic N) is 1. The summed E-state index contributed by atoms with van der Waals surface area (Å²) < 4.78 is 10.1. The minimum Gasteiger partial charge on any atom is -0.419 e. The molecule has 6 nitrogen and oxygen atoms in total. The Hall–Kier alpha value is -1.72. The smallest absolute Gasteiger partial charge is 0.352 e. The Labute approximate surface area is 107 Å². The first-order chi connectivity index (χ1) is 8.14. The van der Waals surface area contributed by atoms with Gasteiger partial charge in [-0.2, -0.15) is 0 Å². The average molecular weight is 256 g/mol. The average Bonchev–Trinajstić information content (AvgIpc) is 2.11. The highest BCUT2D eigenvalue weighted by molar-refractivity contribution is 6.15. The number of cyclic esters (lactones) is 2. The maximum atomic E-state index is 11.9. The number of nitrogens with one attached hydrogen (secondary N) is 1. The van der Waals surface area contributed by atoms with E-state index in [0.29, 0.717) is 5.82 Å². The molecule has 6 heteroatoms. The molecule has 0 aliphatic carbocycles. The van der Waals surface area contributed by atoms with Crippen molar-refractivity contribution in [1.29, 1.82) is 0 Å². The molecule has 102 valence electrons. The van der Waals surface area contributed by atoms with E-state index in [1.54, 1.807) is 19.0 Å². The van der Waals surface area contributed by atoms with Gasteiger partial charge in [0, 0.05) is 34.0 Å². The number of carbonyl (C=O) groups is 2. The molecule has 0 aromatic carbocycles. The maximum Gasteiger partial charge on any atom is 0.352 e. The lowest BCUT2D eigenvalue weighted by atomic mass is 10.2. The molecule has 0 aromatic heterocycles. The Morgan fingerprint density at radius 2 is 1.61 bits per heavy atom. The van der Waals surface area contributed by atoms with Crippen molar-refractivity contribution in [3.63, 3.8) is 0 Å². The van der Waals surface area contributed by atoms with Gasteiger partial charge in [0.2, 0.25) is 0 Å². The third-order valence-electron chi connectivity index (χ3n) is 2.19. The number of hydrogen-bond acceptors (Lipinski definition) is 6. The molecular formula is C12H20N2O4. The zero-order valence-corrected chi connectivity index (χ0v) is 11.7. The summed E-state index contributed by atoms with van der Waals surface area (Å²) in [6.45, 7) is 6.86. The minimum atomic E-state index is -1.22. The monoisotopic (exact) mass is 256 g/mol. The predicted octanol–water partition coefficient (Wildman–Crippen LogP) is 0.594. The van der Waals surface area contributed by atoms with Gasteiger partial charge < -0.3 is 19.7 Å². The SMILES string of the molecule is CC(C)NC(=C1C(=O)OC(C)(C)OC1=O)N(C)C. The van der Waals surface area contributed by atoms with Gasteiger partial charge >= 0.3 is 11.9 Å². The van der Waals surface area contributed by atoms with Crippen LogP contribution in [0, 0.1) is 0 Å². The molecule has 0 amide bonds. The molecule has 1 rings (SSSR count). The van der Waals surface area contributed by atoms with Gasteiger partial charge in [-0.3, -0.25) is 0 Å². The molecule has 1 fully saturated rings. The number of ether oxygens (including phenoxy) is 2. The zero-order chi connectivity index (χ0) is 14.1. The summed E-state index contributed by atoms with van der Waals surface area (Å²) in [6, 6.07) is 0.0745. The molecule has 0 aromatic rings. The number of carbonyl (C=O) groups excluding carboxylic acids is 2. The van der Waals surface area contributed by atoms with E-state index in [1.807, 2.05) is 13.8 Å². The van der Waals surface area contributed by atoms with E-state index >= 15 is 0 Å². The molecule has 0 bridgehead atoms. The Morgan fingerprint density at radius 3 is 1.94 bits per heavy atom. The number of esters is 2. The lowest BCUT2D eigenvalue weighted by Crippen LogP contribution is -2.45. The van der Waals surface area contributed by atoms with Crippen LogP contribution < -0.4 is 5.32 Å². The van der Waals surface area contributed by atoms with Crippen LogP contribution in [-0.4, -0.2) is 42.8 Å². The van der Waals surface area contributed by atoms with Crippen molar-refractivity contribution >= 4 is 11.9 Å². The molecule has 0 atom stereocenters. The van der Waals surface area contributed by atoms with E-state index < -0.39 is 17.7 Å². The number of hydrogen-bond donors (Lipinski definition) is 1. The highest BCUT2D eigenvalue weighted by Crippen LogP contribution is 2.24. The van der Waals surface area contributed by atoms with Crippen LogP contribution in [0.2, 0.25) is 0 Å². The molecule has 0 saturated carbocycles. The van der Waals surface area contributed by atoms with E-state index in [2.05, 4.69) is 5.32 Å². The van der Waals surface area contributed by atoms with Gasteiger partial charge in [0.15, 0.2) is 5.57 Å². The van der Waals surface area contributed by atoms with E-state index in [9.17, 15) is 9.59 Å². The van der Waals surface area contributed by atoms with Crippen LogP contribution in [0.15, 0.2) is 11.4 Å². The van der Waals surface area contributed by atoms with E-state index in [4.69, 9.17) is 9.47 Å². The van der Waals surface area contributed by atoms with Crippen LogP contribution in [0.5, 0.6) is 0 Å². The first-order valence-corrected chi connectivity index (χ1v) is 5.79. The van der Waals surface area contributed by atoms with Crippen LogP contribution in [0.4, 0.5) is 0 Å². The fourth-order valence-electron chi connectivity index (χ4n) is 1.54. The Morgan fingerprint density at radius 1 is 1.17 bits per heavy atom. The van der Waals surface area contributed by atoms with Gasteiger partial charge in [-0.15, -0.1) is 0 Å². The van der Waals surface area contributed by atoms with Crippen LogP contribution in [0.1, 0.15) is 27.7 Å². The normalized spacial score (nSPS) is 18.3. The molecular weight excluding hydrogens is 236 g/mol. The van der Waals surface area contributed by atoms with E-state index in [1.165, 1.54) is 13.8 Å². The fraction of sp³-hybridized carbons (Fsp3) is 0.667. The van der Waals surface area contributed by atoms with Gasteiger partial charge in [-0.25, -0.2) is 9.59 Å². The van der Waals surface area contributed by atoms with Gasteiger partial charge in [-0.05, 0) is 13.8 Å². The molecule has 0 radical (unpaired) electrons. The van der Waals surface area contributed by atoms with Crippen LogP contribution in [-0.2, 0) is 19.1 Å². The summed E-state index contributed by atoms with van der Waals surface area (Å²) in [5.41, 5.74) is -0.104. The van der Waals surface area contributed by atoms with Crippen molar-refractivity contribution in [2.75, 3.05) is 14.1 Å². The van der Waals surface area contributed by atoms with Crippen molar-refractivity contribution in [2.45, 2.75) is 39.5 Å². The van der Waals surface area contributed by atoms with Crippen molar-refractivity contribution in [2.24, 2.45) is 0 Å². The molecule has 1 N–H and O–H groups in total. The Balaban J connectivity index is 3.17. The van der Waals surface area contributed by atoms with Crippen LogP contribution in [0.25, 0.3) is 0 Å². The Bertz CT molecular complexity index is 375. The molecule has 18 heavy (non-hydrogen) atoms. The standard InChI is InChI=1S/C12H20N2O4/c1-7(2)13-9(14(5)6)8-10(15)17-12(3,4)18-11(8)16/h7,13H,1-6H3. The molecule has 0 spiro atoms. The summed E-state index contributed by atoms with van der Waals surface area (Å²) in [6.07, 6.45) is 0. The van der Waals surface area contributed by atoms with Gasteiger partial charge in [0.25, 0.3) is 5.79 Å². The van der Waals surface area contributed by atoms with Crippen LogP contribution in [0.3, 0.4) is 0 Å². The van der Waals surface area contributed by atoms with Crippen molar-refractivity contribution in [3.8, 4) is 0 Å². The van der Waals surface area contributed by atoms with Crippen LogP contribution >= 0.6 is 0 Å². The lowest BCUT2D eigenvalue weighted by molar-refractivity contribution is -0.222. The summed E-state index contributed by atoms with van der Waals surface area (Å²) in [5, 5.41) is 3.04. The molecule has 0 unspecified atom stereocenters. The van der Waals surface area contributed by atoms with Crippen molar-refractivity contribution in [3.05, 3.63) is 11.4 Å². The highest BCUT2D eigenvalue weighted by atomic mass is 16.7. The highest BCUT2D eigenvalue weighted by Gasteiger charge is 2.41. The van der Waals surface area contributed by atoms with Crippen molar-refractivity contribution < 1.29 is 19.1 Å². The second-order valence-electron chi connectivity index (χ2n) is 5.10. The molecule has 1 heterocycles. The maximum absolute atomic E-state index is 11.9. The topological polar surface area (TPSA) is 67.9 Å². The van der Waals surface area contributed by atoms with Crippen molar-refractivity contribution in [1.82, 2.24) is 10.2 Å². The lowest BCUT2D eigenvalue weighted by Gasteiger charge is -2.32. The third kappa shape index (κ3) is 3.15. The van der Waals surface area contributed by atoms with Gasteiger partial charge in [0.05, 0.1) is 0 Å². The molecule has 1 saturated heterocycles. The summed E-state index contributed by atoms with van der Waals surface area (Å²) in [7, 11) is 3.47. The van der Waals surface area contributed by atoms with Gasteiger partial charge in [0.1, 0.15) is 5.82 Å². The summed E-state index contributed by atoms with van der Waals surface area (Å²) >= 11 is 0. The van der Waals surface area contributed by atoms with Gasteiger partial charge in [-0.1, -0.05) is 0 Å². The Kier molecular flexibility index (Phi) is 3.88. The third-order valence-corrected chi connectivity index (χ3v) is 2.19. The zero-order valence-electron chi connectivity index (χ0n) is 11.7. The summed E-state index contributed by atoms with van der Waals surface area (Å²) in [5.74, 6) is -2.16. The quantitative estimate of drug-likeness (QED) is 0.453. The largest absolute Gasteiger partial charge is 0.419 e. The van der Waals surface area contributed by atoms with E-state index in [0.717, 1.165) is 0 Å². The minimum absolute atomic E-state index is 0.0745. The second-order valence-corrected chi connectivity index (χ2v) is 5.10. The number of rotatable bonds is 3. The summed E-state index contributed by atoms with van der Waals surface area (Å²) in [4.78, 5) is 25.4. The first-order valence-electron chi connectivity index (χ1n) is 5.79. The second kappa shape index (κ2) is 4.88.